The van der Waals surface area contributed by atoms with E-state index < -0.39 is 0 Å². The Morgan fingerprint density at radius 3 is 2.53 bits per heavy atom. The predicted octanol–water partition coefficient (Wildman–Crippen LogP) is 2.33. The first-order valence-electron chi connectivity index (χ1n) is 5.69. The van der Waals surface area contributed by atoms with Crippen LogP contribution in [0.5, 0.6) is 0 Å². The van der Waals surface area contributed by atoms with Crippen molar-refractivity contribution in [1.82, 2.24) is 4.90 Å². The van der Waals surface area contributed by atoms with Crippen LogP contribution in [0.15, 0.2) is 18.2 Å². The largest absolute Gasteiger partial charge is 0.379 e. The van der Waals surface area contributed by atoms with Crippen LogP contribution >= 0.6 is 23.2 Å². The number of nitrogens with zero attached hydrogens (tertiary/aromatic N) is 1. The van der Waals surface area contributed by atoms with Crippen LogP contribution in [0, 0.1) is 0 Å². The zero-order chi connectivity index (χ0) is 12.3. The van der Waals surface area contributed by atoms with E-state index in [0.29, 0.717) is 16.6 Å². The smallest absolute Gasteiger partial charge is 0.0595 e. The zero-order valence-electron chi connectivity index (χ0n) is 9.53. The van der Waals surface area contributed by atoms with E-state index in [1.54, 1.807) is 0 Å². The van der Waals surface area contributed by atoms with Gasteiger partial charge in [0.2, 0.25) is 0 Å². The fourth-order valence-electron chi connectivity index (χ4n) is 2.10. The lowest BCUT2D eigenvalue weighted by Crippen LogP contribution is -2.41. The number of nitrogens with two attached hydrogens (primary N) is 1. The maximum atomic E-state index is 6.04. The van der Waals surface area contributed by atoms with Crippen molar-refractivity contribution >= 4 is 23.2 Å². The predicted molar refractivity (Wildman–Crippen MR) is 70.6 cm³/mol. The highest BCUT2D eigenvalue weighted by molar-refractivity contribution is 6.42. The fourth-order valence-corrected chi connectivity index (χ4v) is 2.41. The summed E-state index contributed by atoms with van der Waals surface area (Å²) in [5.74, 6) is 0. The summed E-state index contributed by atoms with van der Waals surface area (Å²) in [7, 11) is 0. The Morgan fingerprint density at radius 2 is 1.94 bits per heavy atom. The maximum absolute atomic E-state index is 6.04. The van der Waals surface area contributed by atoms with Gasteiger partial charge in [-0.1, -0.05) is 29.3 Å². The SMILES string of the molecule is NCC(c1ccc(Cl)c(Cl)c1)N1CCOCC1. The van der Waals surface area contributed by atoms with Crippen molar-refractivity contribution in [3.8, 4) is 0 Å². The van der Waals surface area contributed by atoms with E-state index in [0.717, 1.165) is 31.9 Å². The average molecular weight is 275 g/mol. The first-order chi connectivity index (χ1) is 8.22. The lowest BCUT2D eigenvalue weighted by Gasteiger charge is -2.34. The molecule has 0 aromatic heterocycles. The monoisotopic (exact) mass is 274 g/mol. The molecule has 0 saturated carbocycles. The van der Waals surface area contributed by atoms with Crippen LogP contribution in [0.25, 0.3) is 0 Å². The highest BCUT2D eigenvalue weighted by Crippen LogP contribution is 2.28. The van der Waals surface area contributed by atoms with Gasteiger partial charge in [0.25, 0.3) is 0 Å². The van der Waals surface area contributed by atoms with Gasteiger partial charge in [-0.2, -0.15) is 0 Å². The maximum Gasteiger partial charge on any atom is 0.0595 e. The number of morpholine rings is 1. The van der Waals surface area contributed by atoms with Crippen LogP contribution in [0.2, 0.25) is 10.0 Å². The van der Waals surface area contributed by atoms with Crippen molar-refractivity contribution in [2.45, 2.75) is 6.04 Å². The molecule has 1 aliphatic heterocycles. The van der Waals surface area contributed by atoms with Crippen molar-refractivity contribution in [2.24, 2.45) is 5.73 Å². The number of hydrogen-bond donors (Lipinski definition) is 1. The Balaban J connectivity index is 2.18. The summed E-state index contributed by atoms with van der Waals surface area (Å²) in [4.78, 5) is 2.32. The third kappa shape index (κ3) is 3.12. The van der Waals surface area contributed by atoms with Gasteiger partial charge in [0, 0.05) is 25.7 Å². The summed E-state index contributed by atoms with van der Waals surface area (Å²) < 4.78 is 5.34. The summed E-state index contributed by atoms with van der Waals surface area (Å²) >= 11 is 12.0. The van der Waals surface area contributed by atoms with Crippen molar-refractivity contribution in [2.75, 3.05) is 32.8 Å². The Bertz CT molecular complexity index is 381. The standard InChI is InChI=1S/C12H16Cl2N2O/c13-10-2-1-9(7-11(10)14)12(8-15)16-3-5-17-6-4-16/h1-2,7,12H,3-6,8,15H2. The van der Waals surface area contributed by atoms with Gasteiger partial charge in [-0.05, 0) is 17.7 Å². The third-order valence-corrected chi connectivity index (χ3v) is 3.78. The quantitative estimate of drug-likeness (QED) is 0.920. The third-order valence-electron chi connectivity index (χ3n) is 3.04. The Morgan fingerprint density at radius 1 is 1.24 bits per heavy atom. The molecule has 1 aliphatic rings. The molecule has 2 N–H and O–H groups in total. The lowest BCUT2D eigenvalue weighted by molar-refractivity contribution is 0.0179. The number of benzene rings is 1. The summed E-state index contributed by atoms with van der Waals surface area (Å²) in [6, 6.07) is 5.90. The van der Waals surface area contributed by atoms with Gasteiger partial charge in [-0.25, -0.2) is 0 Å². The van der Waals surface area contributed by atoms with Gasteiger partial charge in [-0.15, -0.1) is 0 Å². The molecular weight excluding hydrogens is 259 g/mol. The molecule has 0 aliphatic carbocycles. The van der Waals surface area contributed by atoms with Crippen molar-refractivity contribution in [3.05, 3.63) is 33.8 Å². The van der Waals surface area contributed by atoms with Crippen LogP contribution in [0.1, 0.15) is 11.6 Å². The van der Waals surface area contributed by atoms with E-state index in [1.165, 1.54) is 0 Å². The van der Waals surface area contributed by atoms with E-state index in [-0.39, 0.29) is 6.04 Å². The minimum Gasteiger partial charge on any atom is -0.379 e. The number of hydrogen-bond acceptors (Lipinski definition) is 3. The minimum atomic E-state index is 0.189. The number of ether oxygens (including phenoxy) is 1. The molecule has 0 radical (unpaired) electrons. The Hall–Kier alpha value is -0.320. The summed E-state index contributed by atoms with van der Waals surface area (Å²) in [5, 5.41) is 1.16. The first kappa shape index (κ1) is 13.1. The molecule has 3 nitrogen and oxygen atoms in total. The molecule has 2 rings (SSSR count). The summed E-state index contributed by atoms with van der Waals surface area (Å²) in [6.07, 6.45) is 0. The van der Waals surface area contributed by atoms with E-state index in [2.05, 4.69) is 4.90 Å². The van der Waals surface area contributed by atoms with Crippen molar-refractivity contribution in [3.63, 3.8) is 0 Å². The second-order valence-electron chi connectivity index (χ2n) is 4.07. The lowest BCUT2D eigenvalue weighted by atomic mass is 10.1. The number of halogens is 2. The molecule has 1 atom stereocenters. The summed E-state index contributed by atoms with van der Waals surface area (Å²) in [5.41, 5.74) is 6.98. The Kier molecular flexibility index (Phi) is 4.65. The molecule has 1 unspecified atom stereocenters. The second-order valence-corrected chi connectivity index (χ2v) is 4.89. The van der Waals surface area contributed by atoms with Gasteiger partial charge in [0.15, 0.2) is 0 Å². The molecule has 0 amide bonds. The first-order valence-corrected chi connectivity index (χ1v) is 6.45. The van der Waals surface area contributed by atoms with Gasteiger partial charge in [0.05, 0.1) is 23.3 Å². The van der Waals surface area contributed by atoms with Crippen LogP contribution < -0.4 is 5.73 Å². The average Bonchev–Trinajstić information content (AvgIpc) is 2.36. The minimum absolute atomic E-state index is 0.189. The van der Waals surface area contributed by atoms with E-state index in [1.807, 2.05) is 18.2 Å². The highest BCUT2D eigenvalue weighted by Gasteiger charge is 2.21. The molecule has 1 saturated heterocycles. The van der Waals surface area contributed by atoms with E-state index in [4.69, 9.17) is 33.7 Å². The second kappa shape index (κ2) is 6.03. The van der Waals surface area contributed by atoms with Crippen LogP contribution in [0.3, 0.4) is 0 Å². The highest BCUT2D eigenvalue weighted by atomic mass is 35.5. The van der Waals surface area contributed by atoms with Crippen LogP contribution in [0.4, 0.5) is 0 Å². The van der Waals surface area contributed by atoms with Gasteiger partial charge in [-0.3, -0.25) is 4.90 Å². The molecule has 1 fully saturated rings. The van der Waals surface area contributed by atoms with Gasteiger partial charge >= 0.3 is 0 Å². The van der Waals surface area contributed by atoms with Gasteiger partial charge < -0.3 is 10.5 Å². The zero-order valence-corrected chi connectivity index (χ0v) is 11.0. The Labute approximate surface area is 111 Å². The molecule has 94 valence electrons. The van der Waals surface area contributed by atoms with E-state index >= 15 is 0 Å². The van der Waals surface area contributed by atoms with E-state index in [9.17, 15) is 0 Å². The normalized spacial score (nSPS) is 19.2. The van der Waals surface area contributed by atoms with Crippen molar-refractivity contribution in [1.29, 1.82) is 0 Å². The number of rotatable bonds is 3. The molecule has 1 heterocycles. The van der Waals surface area contributed by atoms with Crippen molar-refractivity contribution < 1.29 is 4.74 Å². The fraction of sp³-hybridized carbons (Fsp3) is 0.500. The van der Waals surface area contributed by atoms with Gasteiger partial charge in [0.1, 0.15) is 0 Å². The molecule has 0 bridgehead atoms. The molecule has 17 heavy (non-hydrogen) atoms. The topological polar surface area (TPSA) is 38.5 Å². The molecular formula is C12H16Cl2N2O. The van der Waals surface area contributed by atoms with Crippen LogP contribution in [-0.2, 0) is 4.74 Å². The molecule has 5 heteroatoms. The summed E-state index contributed by atoms with van der Waals surface area (Å²) in [6.45, 7) is 3.90. The molecule has 1 aromatic rings. The van der Waals surface area contributed by atoms with Crippen LogP contribution in [-0.4, -0.2) is 37.7 Å². The molecule has 0 spiro atoms. The molecule has 1 aromatic carbocycles.